The van der Waals surface area contributed by atoms with Gasteiger partial charge in [0.15, 0.2) is 5.11 Å². The summed E-state index contributed by atoms with van der Waals surface area (Å²) in [4.78, 5) is 3.78. The summed E-state index contributed by atoms with van der Waals surface area (Å²) in [6.07, 6.45) is -3.28. The van der Waals surface area contributed by atoms with E-state index in [4.69, 9.17) is 5.73 Å². The summed E-state index contributed by atoms with van der Waals surface area (Å²) < 4.78 is 66.9. The van der Waals surface area contributed by atoms with Crippen LogP contribution in [-0.2, 0) is 12.7 Å². The summed E-state index contributed by atoms with van der Waals surface area (Å²) in [6, 6.07) is 7.19. The summed E-state index contributed by atoms with van der Waals surface area (Å²) in [5.74, 6) is -1.23. The maximum atomic E-state index is 14.5. The van der Waals surface area contributed by atoms with Gasteiger partial charge in [0.25, 0.3) is 0 Å². The van der Waals surface area contributed by atoms with Gasteiger partial charge in [-0.1, -0.05) is 12.1 Å². The highest BCUT2D eigenvalue weighted by atomic mass is 32.1. The second-order valence-electron chi connectivity index (χ2n) is 7.02. The molecular weight excluding hydrogens is 437 g/mol. The van der Waals surface area contributed by atoms with Crippen LogP contribution in [0, 0.1) is 11.6 Å². The second kappa shape index (κ2) is 9.56. The van der Waals surface area contributed by atoms with Crippen LogP contribution in [0.1, 0.15) is 16.7 Å². The molecule has 2 aromatic rings. The number of rotatable bonds is 5. The van der Waals surface area contributed by atoms with Crippen molar-refractivity contribution in [1.29, 1.82) is 0 Å². The Kier molecular flexibility index (Phi) is 7.06. The summed E-state index contributed by atoms with van der Waals surface area (Å²) in [5.41, 5.74) is 7.65. The van der Waals surface area contributed by atoms with Gasteiger partial charge in [-0.2, -0.15) is 18.3 Å². The maximum absolute atomic E-state index is 14.5. The number of thiocarbonyl (C=S) groups is 1. The minimum absolute atomic E-state index is 0.0501. The Morgan fingerprint density at radius 3 is 2.29 bits per heavy atom. The molecule has 0 amide bonds. The molecule has 0 atom stereocenters. The van der Waals surface area contributed by atoms with Crippen molar-refractivity contribution in [1.82, 2.24) is 10.3 Å². The zero-order valence-electron chi connectivity index (χ0n) is 16.3. The van der Waals surface area contributed by atoms with Crippen molar-refractivity contribution in [2.45, 2.75) is 12.7 Å². The minimum Gasteiger partial charge on any atom is -0.375 e. The lowest BCUT2D eigenvalue weighted by Gasteiger charge is -2.36. The topological polar surface area (TPSA) is 56.9 Å². The van der Waals surface area contributed by atoms with E-state index in [0.717, 1.165) is 36.0 Å². The van der Waals surface area contributed by atoms with Crippen LogP contribution in [0.2, 0.25) is 0 Å². The van der Waals surface area contributed by atoms with Crippen LogP contribution in [0.3, 0.4) is 0 Å². The average Bonchev–Trinajstić information content (AvgIpc) is 2.70. The van der Waals surface area contributed by atoms with E-state index in [1.165, 1.54) is 12.1 Å². The first-order valence-electron chi connectivity index (χ1n) is 9.34. The summed E-state index contributed by atoms with van der Waals surface area (Å²) in [6.45, 7) is 2.50. The summed E-state index contributed by atoms with van der Waals surface area (Å²) in [5, 5.41) is 3.53. The second-order valence-corrected chi connectivity index (χ2v) is 7.46. The minimum atomic E-state index is -4.36. The van der Waals surface area contributed by atoms with Gasteiger partial charge in [-0.25, -0.2) is 8.78 Å². The van der Waals surface area contributed by atoms with Crippen LogP contribution in [0.15, 0.2) is 41.5 Å². The first-order valence-corrected chi connectivity index (χ1v) is 9.75. The number of hydrogen-bond acceptors (Lipinski definition) is 4. The number of nitrogens with two attached hydrogens (primary N) is 1. The fourth-order valence-electron chi connectivity index (χ4n) is 3.26. The smallest absolute Gasteiger partial charge is 0.375 e. The Bertz CT molecular complexity index is 954. The van der Waals surface area contributed by atoms with Crippen LogP contribution in [0.25, 0.3) is 0 Å². The Labute approximate surface area is 181 Å². The molecule has 166 valence electrons. The van der Waals surface area contributed by atoms with Crippen molar-refractivity contribution in [3.8, 4) is 0 Å². The van der Waals surface area contributed by atoms with Crippen molar-refractivity contribution in [3.05, 3.63) is 64.7 Å². The number of alkyl halides is 3. The molecule has 2 aromatic carbocycles. The Hall–Kier alpha value is -2.79. The third-order valence-electron chi connectivity index (χ3n) is 4.84. The highest BCUT2D eigenvalue weighted by Gasteiger charge is 2.30. The van der Waals surface area contributed by atoms with Crippen molar-refractivity contribution in [2.75, 3.05) is 31.1 Å². The van der Waals surface area contributed by atoms with E-state index in [0.29, 0.717) is 32.7 Å². The Morgan fingerprint density at radius 1 is 1.06 bits per heavy atom. The third kappa shape index (κ3) is 6.11. The molecule has 1 aliphatic heterocycles. The molecule has 0 bridgehead atoms. The average molecular weight is 457 g/mol. The first kappa shape index (κ1) is 22.9. The molecule has 31 heavy (non-hydrogen) atoms. The van der Waals surface area contributed by atoms with E-state index >= 15 is 0 Å². The van der Waals surface area contributed by atoms with Crippen LogP contribution < -0.4 is 16.1 Å². The molecule has 1 fully saturated rings. The summed E-state index contributed by atoms with van der Waals surface area (Å²) in [7, 11) is 0. The van der Waals surface area contributed by atoms with Crippen LogP contribution >= 0.6 is 12.2 Å². The van der Waals surface area contributed by atoms with E-state index in [2.05, 4.69) is 27.6 Å². The fraction of sp³-hybridized carbons (Fsp3) is 0.300. The number of nitrogens with one attached hydrogen (secondary N) is 1. The van der Waals surface area contributed by atoms with Crippen molar-refractivity contribution in [2.24, 2.45) is 10.8 Å². The molecule has 3 N–H and O–H groups in total. The molecule has 5 nitrogen and oxygen atoms in total. The van der Waals surface area contributed by atoms with Gasteiger partial charge in [-0.15, -0.1) is 0 Å². The molecule has 1 heterocycles. The molecule has 0 spiro atoms. The highest BCUT2D eigenvalue weighted by Crippen LogP contribution is 2.29. The molecule has 0 aromatic heterocycles. The largest absolute Gasteiger partial charge is 0.416 e. The SMILES string of the molecule is NC(=S)NN=Cc1cc(F)c(N2CCN(Cc3ccc(C(F)(F)F)cc3)CC2)cc1F. The predicted octanol–water partition coefficient (Wildman–Crippen LogP) is 3.47. The van der Waals surface area contributed by atoms with E-state index < -0.39 is 23.4 Å². The van der Waals surface area contributed by atoms with Crippen LogP contribution in [0.4, 0.5) is 27.6 Å². The molecule has 1 saturated heterocycles. The third-order valence-corrected chi connectivity index (χ3v) is 4.94. The fourth-order valence-corrected chi connectivity index (χ4v) is 3.32. The van der Waals surface area contributed by atoms with E-state index in [1.807, 2.05) is 0 Å². The lowest BCUT2D eigenvalue weighted by atomic mass is 10.1. The lowest BCUT2D eigenvalue weighted by Crippen LogP contribution is -2.46. The molecule has 0 unspecified atom stereocenters. The van der Waals surface area contributed by atoms with Gasteiger partial charge in [0.1, 0.15) is 11.6 Å². The van der Waals surface area contributed by atoms with E-state index in [9.17, 15) is 22.0 Å². The van der Waals surface area contributed by atoms with E-state index in [1.54, 1.807) is 4.90 Å². The van der Waals surface area contributed by atoms with Crippen LogP contribution in [0.5, 0.6) is 0 Å². The van der Waals surface area contributed by atoms with Crippen molar-refractivity contribution >= 4 is 29.2 Å². The number of hydrogen-bond donors (Lipinski definition) is 2. The molecule has 11 heteroatoms. The standard InChI is InChI=1S/C20H20F5N5S/c21-16-10-18(17(22)9-14(16)11-27-28-19(26)31)30-7-5-29(6-8-30)12-13-1-3-15(4-2-13)20(23,24)25/h1-4,9-11H,5-8,12H2,(H3,26,28,31). The number of hydrazone groups is 1. The first-order chi connectivity index (χ1) is 14.6. The molecule has 3 rings (SSSR count). The van der Waals surface area contributed by atoms with Gasteiger partial charge in [0.05, 0.1) is 17.5 Å². The maximum Gasteiger partial charge on any atom is 0.416 e. The number of nitrogens with zero attached hydrogens (tertiary/aromatic N) is 3. The van der Waals surface area contributed by atoms with Crippen LogP contribution in [-0.4, -0.2) is 42.4 Å². The van der Waals surface area contributed by atoms with Gasteiger partial charge in [-0.3, -0.25) is 10.3 Å². The molecule has 0 saturated carbocycles. The number of anilines is 1. The number of benzene rings is 2. The molecule has 0 aliphatic carbocycles. The molecule has 0 radical (unpaired) electrons. The predicted molar refractivity (Wildman–Crippen MR) is 113 cm³/mol. The zero-order chi connectivity index (χ0) is 22.6. The van der Waals surface area contributed by atoms with Gasteiger partial charge < -0.3 is 10.6 Å². The van der Waals surface area contributed by atoms with Crippen molar-refractivity contribution in [3.63, 3.8) is 0 Å². The number of piperazine rings is 1. The van der Waals surface area contributed by atoms with Gasteiger partial charge in [-0.05, 0) is 36.0 Å². The highest BCUT2D eigenvalue weighted by molar-refractivity contribution is 7.80. The molecule has 1 aliphatic rings. The Morgan fingerprint density at radius 2 is 1.71 bits per heavy atom. The van der Waals surface area contributed by atoms with Gasteiger partial charge in [0.2, 0.25) is 0 Å². The van der Waals surface area contributed by atoms with Gasteiger partial charge >= 0.3 is 6.18 Å². The van der Waals surface area contributed by atoms with E-state index in [-0.39, 0.29) is 16.4 Å². The Balaban J connectivity index is 1.59. The number of halogens is 5. The zero-order valence-corrected chi connectivity index (χ0v) is 17.1. The monoisotopic (exact) mass is 457 g/mol. The van der Waals surface area contributed by atoms with Gasteiger partial charge in [0, 0.05) is 44.4 Å². The summed E-state index contributed by atoms with van der Waals surface area (Å²) >= 11 is 4.58. The van der Waals surface area contributed by atoms with Crippen molar-refractivity contribution < 1.29 is 22.0 Å². The molecular formula is C20H20F5N5S. The quantitative estimate of drug-likeness (QED) is 0.312. The lowest BCUT2D eigenvalue weighted by molar-refractivity contribution is -0.137. The normalized spacial score (nSPS) is 15.5.